The van der Waals surface area contributed by atoms with E-state index in [-0.39, 0.29) is 12.0 Å². The highest BCUT2D eigenvalue weighted by atomic mass is 16.4. The fraction of sp³-hybridized carbons (Fsp3) is 0.900. The Hall–Kier alpha value is -0.570. The molecule has 1 saturated carbocycles. The highest BCUT2D eigenvalue weighted by Gasteiger charge is 2.32. The van der Waals surface area contributed by atoms with E-state index in [0.717, 1.165) is 25.7 Å². The van der Waals surface area contributed by atoms with Gasteiger partial charge in [0.15, 0.2) is 0 Å². The van der Waals surface area contributed by atoms with Crippen molar-refractivity contribution in [1.29, 1.82) is 0 Å². The third kappa shape index (κ3) is 2.69. The van der Waals surface area contributed by atoms with E-state index in [0.29, 0.717) is 6.04 Å². The van der Waals surface area contributed by atoms with Crippen LogP contribution in [0.1, 0.15) is 39.5 Å². The van der Waals surface area contributed by atoms with E-state index >= 15 is 0 Å². The lowest BCUT2D eigenvalue weighted by Crippen LogP contribution is -2.41. The largest absolute Gasteiger partial charge is 0.481 e. The van der Waals surface area contributed by atoms with E-state index in [9.17, 15) is 4.79 Å². The molecule has 0 heterocycles. The Balaban J connectivity index is 2.44. The van der Waals surface area contributed by atoms with E-state index in [1.807, 2.05) is 0 Å². The van der Waals surface area contributed by atoms with Gasteiger partial charge in [0.05, 0.1) is 5.92 Å². The van der Waals surface area contributed by atoms with Gasteiger partial charge in [-0.05, 0) is 26.2 Å². The van der Waals surface area contributed by atoms with Crippen molar-refractivity contribution in [3.05, 3.63) is 0 Å². The maximum atomic E-state index is 10.8. The summed E-state index contributed by atoms with van der Waals surface area (Å²) < 4.78 is 0. The van der Waals surface area contributed by atoms with Gasteiger partial charge in [0.1, 0.15) is 0 Å². The average Bonchev–Trinajstić information content (AvgIpc) is 2.52. The Kier molecular flexibility index (Phi) is 3.72. The molecule has 0 aliphatic heterocycles. The van der Waals surface area contributed by atoms with Gasteiger partial charge in [-0.15, -0.1) is 0 Å². The van der Waals surface area contributed by atoms with Crippen LogP contribution < -0.4 is 5.32 Å². The summed E-state index contributed by atoms with van der Waals surface area (Å²) in [6, 6.07) is 0.636. The Labute approximate surface area is 79.5 Å². The van der Waals surface area contributed by atoms with Crippen LogP contribution in [0.3, 0.4) is 0 Å². The predicted octanol–water partition coefficient (Wildman–Crippen LogP) is 1.63. The van der Waals surface area contributed by atoms with Crippen LogP contribution in [0, 0.1) is 5.92 Å². The van der Waals surface area contributed by atoms with Crippen LogP contribution in [0.5, 0.6) is 0 Å². The van der Waals surface area contributed by atoms with Crippen LogP contribution in [-0.4, -0.2) is 23.2 Å². The summed E-state index contributed by atoms with van der Waals surface area (Å²) in [5.41, 5.74) is 0. The zero-order chi connectivity index (χ0) is 9.84. The molecule has 0 aromatic carbocycles. The monoisotopic (exact) mass is 185 g/mol. The molecule has 76 valence electrons. The van der Waals surface area contributed by atoms with Crippen molar-refractivity contribution in [1.82, 2.24) is 5.32 Å². The summed E-state index contributed by atoms with van der Waals surface area (Å²) in [5, 5.41) is 12.3. The Morgan fingerprint density at radius 1 is 1.62 bits per heavy atom. The molecule has 1 aliphatic rings. The minimum absolute atomic E-state index is 0.158. The van der Waals surface area contributed by atoms with Gasteiger partial charge in [-0.25, -0.2) is 0 Å². The van der Waals surface area contributed by atoms with Gasteiger partial charge in [-0.3, -0.25) is 4.79 Å². The number of carboxylic acids is 1. The van der Waals surface area contributed by atoms with Gasteiger partial charge >= 0.3 is 5.97 Å². The first-order valence-electron chi connectivity index (χ1n) is 5.14. The van der Waals surface area contributed by atoms with Gasteiger partial charge in [0, 0.05) is 12.1 Å². The SMILES string of the molecule is CCC(C)NC1CCCC1C(=O)O. The van der Waals surface area contributed by atoms with E-state index in [1.54, 1.807) is 0 Å². The van der Waals surface area contributed by atoms with Crippen LogP contribution in [0.2, 0.25) is 0 Å². The van der Waals surface area contributed by atoms with Crippen molar-refractivity contribution in [2.24, 2.45) is 5.92 Å². The van der Waals surface area contributed by atoms with E-state index in [2.05, 4.69) is 19.2 Å². The molecule has 3 heteroatoms. The molecule has 0 aromatic heterocycles. The second kappa shape index (κ2) is 4.61. The van der Waals surface area contributed by atoms with Crippen molar-refractivity contribution >= 4 is 5.97 Å². The summed E-state index contributed by atoms with van der Waals surface area (Å²) in [6.07, 6.45) is 3.96. The number of nitrogens with one attached hydrogen (secondary N) is 1. The molecule has 0 bridgehead atoms. The number of hydrogen-bond donors (Lipinski definition) is 2. The Bertz CT molecular complexity index is 182. The molecule has 3 atom stereocenters. The molecule has 0 amide bonds. The van der Waals surface area contributed by atoms with Crippen molar-refractivity contribution < 1.29 is 9.90 Å². The molecule has 0 radical (unpaired) electrons. The number of carbonyl (C=O) groups is 1. The maximum absolute atomic E-state index is 10.8. The standard InChI is InChI=1S/C10H19NO2/c1-3-7(2)11-9-6-4-5-8(9)10(12)13/h7-9,11H,3-6H2,1-2H3,(H,12,13). The highest BCUT2D eigenvalue weighted by molar-refractivity contribution is 5.71. The molecule has 1 aliphatic carbocycles. The average molecular weight is 185 g/mol. The summed E-state index contributed by atoms with van der Waals surface area (Å²) in [4.78, 5) is 10.8. The van der Waals surface area contributed by atoms with Crippen molar-refractivity contribution in [2.75, 3.05) is 0 Å². The van der Waals surface area contributed by atoms with Gasteiger partial charge in [-0.1, -0.05) is 13.3 Å². The third-order valence-corrected chi connectivity index (χ3v) is 2.94. The summed E-state index contributed by atoms with van der Waals surface area (Å²) in [7, 11) is 0. The van der Waals surface area contributed by atoms with Crippen LogP contribution >= 0.6 is 0 Å². The summed E-state index contributed by atoms with van der Waals surface area (Å²) in [5.74, 6) is -0.799. The summed E-state index contributed by atoms with van der Waals surface area (Å²) in [6.45, 7) is 4.22. The van der Waals surface area contributed by atoms with Crippen LogP contribution in [0.4, 0.5) is 0 Å². The predicted molar refractivity (Wildman–Crippen MR) is 51.7 cm³/mol. The molecule has 2 N–H and O–H groups in total. The summed E-state index contributed by atoms with van der Waals surface area (Å²) >= 11 is 0. The van der Waals surface area contributed by atoms with Crippen LogP contribution in [0.25, 0.3) is 0 Å². The molecule has 0 spiro atoms. The number of carboxylic acid groups (broad SMARTS) is 1. The zero-order valence-electron chi connectivity index (χ0n) is 8.42. The Morgan fingerprint density at radius 3 is 2.85 bits per heavy atom. The minimum Gasteiger partial charge on any atom is -0.481 e. The Morgan fingerprint density at radius 2 is 2.31 bits per heavy atom. The quantitative estimate of drug-likeness (QED) is 0.700. The van der Waals surface area contributed by atoms with E-state index in [4.69, 9.17) is 5.11 Å². The van der Waals surface area contributed by atoms with Gasteiger partial charge in [0.25, 0.3) is 0 Å². The fourth-order valence-electron chi connectivity index (χ4n) is 1.94. The van der Waals surface area contributed by atoms with Crippen molar-refractivity contribution in [2.45, 2.75) is 51.6 Å². The van der Waals surface area contributed by atoms with Crippen LogP contribution in [-0.2, 0) is 4.79 Å². The second-order valence-corrected chi connectivity index (χ2v) is 3.96. The number of rotatable bonds is 4. The second-order valence-electron chi connectivity index (χ2n) is 3.96. The molecule has 0 aromatic rings. The topological polar surface area (TPSA) is 49.3 Å². The molecule has 3 nitrogen and oxygen atoms in total. The fourth-order valence-corrected chi connectivity index (χ4v) is 1.94. The third-order valence-electron chi connectivity index (χ3n) is 2.94. The normalized spacial score (nSPS) is 30.3. The highest BCUT2D eigenvalue weighted by Crippen LogP contribution is 2.26. The van der Waals surface area contributed by atoms with Gasteiger partial charge < -0.3 is 10.4 Å². The molecule has 0 saturated heterocycles. The minimum atomic E-state index is -0.640. The lowest BCUT2D eigenvalue weighted by Gasteiger charge is -2.21. The maximum Gasteiger partial charge on any atom is 0.308 e. The molecular formula is C10H19NO2. The smallest absolute Gasteiger partial charge is 0.308 e. The van der Waals surface area contributed by atoms with Crippen molar-refractivity contribution in [3.63, 3.8) is 0 Å². The van der Waals surface area contributed by atoms with Crippen LogP contribution in [0.15, 0.2) is 0 Å². The van der Waals surface area contributed by atoms with Gasteiger partial charge in [0.2, 0.25) is 0 Å². The number of aliphatic carboxylic acids is 1. The first-order valence-corrected chi connectivity index (χ1v) is 5.14. The first kappa shape index (κ1) is 10.5. The van der Waals surface area contributed by atoms with Crippen molar-refractivity contribution in [3.8, 4) is 0 Å². The molecule has 13 heavy (non-hydrogen) atoms. The molecule has 3 unspecified atom stereocenters. The van der Waals surface area contributed by atoms with Gasteiger partial charge in [-0.2, -0.15) is 0 Å². The lowest BCUT2D eigenvalue weighted by molar-refractivity contribution is -0.142. The first-order chi connectivity index (χ1) is 6.15. The molecule has 1 rings (SSSR count). The lowest BCUT2D eigenvalue weighted by atomic mass is 10.0. The zero-order valence-corrected chi connectivity index (χ0v) is 8.42. The molecular weight excluding hydrogens is 166 g/mol. The van der Waals surface area contributed by atoms with E-state index < -0.39 is 5.97 Å². The molecule has 1 fully saturated rings. The number of hydrogen-bond acceptors (Lipinski definition) is 2. The van der Waals surface area contributed by atoms with E-state index in [1.165, 1.54) is 0 Å².